The lowest BCUT2D eigenvalue weighted by Crippen LogP contribution is -2.67. The lowest BCUT2D eigenvalue weighted by molar-refractivity contribution is -0.0464. The van der Waals surface area contributed by atoms with Gasteiger partial charge in [-0.3, -0.25) is 4.90 Å². The smallest absolute Gasteiger partial charge is 0.0593 e. The van der Waals surface area contributed by atoms with Crippen LogP contribution in [0.15, 0.2) is 28.7 Å². The molecule has 4 heteroatoms. The fourth-order valence-electron chi connectivity index (χ4n) is 3.53. The molecule has 2 saturated heterocycles. The Morgan fingerprint density at radius 2 is 2.05 bits per heavy atom. The van der Waals surface area contributed by atoms with Crippen LogP contribution in [0, 0.1) is 0 Å². The highest BCUT2D eigenvalue weighted by molar-refractivity contribution is 9.10. The molecule has 0 saturated carbocycles. The Kier molecular flexibility index (Phi) is 4.22. The molecule has 1 aromatic carbocycles. The zero-order chi connectivity index (χ0) is 13.2. The highest BCUT2D eigenvalue weighted by Crippen LogP contribution is 2.41. The van der Waals surface area contributed by atoms with Crippen molar-refractivity contribution in [1.29, 1.82) is 0 Å². The second-order valence-electron chi connectivity index (χ2n) is 5.54. The van der Waals surface area contributed by atoms with Gasteiger partial charge < -0.3 is 10.4 Å². The molecule has 2 N–H and O–H groups in total. The van der Waals surface area contributed by atoms with Crippen LogP contribution in [-0.2, 0) is 0 Å². The zero-order valence-electron chi connectivity index (χ0n) is 11.1. The number of benzene rings is 1. The van der Waals surface area contributed by atoms with Crippen LogP contribution in [0.25, 0.3) is 0 Å². The van der Waals surface area contributed by atoms with Crippen LogP contribution >= 0.6 is 15.9 Å². The Bertz CT molecular complexity index is 423. The third kappa shape index (κ3) is 2.59. The van der Waals surface area contributed by atoms with Gasteiger partial charge in [0.15, 0.2) is 0 Å². The van der Waals surface area contributed by atoms with Gasteiger partial charge in [0.25, 0.3) is 0 Å². The number of aliphatic hydroxyl groups excluding tert-OH is 1. The fraction of sp³-hybridized carbons (Fsp3) is 0.600. The van der Waals surface area contributed by atoms with Crippen LogP contribution in [0.5, 0.6) is 0 Å². The maximum Gasteiger partial charge on any atom is 0.0593 e. The number of aliphatic hydroxyl groups is 1. The third-order valence-electron chi connectivity index (χ3n) is 4.50. The van der Waals surface area contributed by atoms with Gasteiger partial charge in [0.05, 0.1) is 6.61 Å². The topological polar surface area (TPSA) is 35.5 Å². The summed E-state index contributed by atoms with van der Waals surface area (Å²) in [5.74, 6) is 0.462. The molecule has 0 unspecified atom stereocenters. The van der Waals surface area contributed by atoms with Gasteiger partial charge in [-0.1, -0.05) is 28.1 Å². The Morgan fingerprint density at radius 1 is 1.26 bits per heavy atom. The van der Waals surface area contributed by atoms with Crippen molar-refractivity contribution in [2.45, 2.75) is 30.8 Å². The number of hydrogen-bond donors (Lipinski definition) is 2. The van der Waals surface area contributed by atoms with E-state index in [-0.39, 0.29) is 6.61 Å². The predicted octanol–water partition coefficient (Wildman–Crippen LogP) is 1.96. The summed E-state index contributed by atoms with van der Waals surface area (Å²) in [6, 6.07) is 9.41. The van der Waals surface area contributed by atoms with E-state index in [0.717, 1.165) is 24.1 Å². The van der Waals surface area contributed by atoms with Crippen molar-refractivity contribution < 1.29 is 5.11 Å². The molecule has 2 aliphatic heterocycles. The SMILES string of the molecule is OC[C@@H]1[C@H](c2ccc(Br)cc2)[C@H]2CNCCCCN12. The van der Waals surface area contributed by atoms with Gasteiger partial charge in [-0.25, -0.2) is 0 Å². The second-order valence-corrected chi connectivity index (χ2v) is 6.46. The summed E-state index contributed by atoms with van der Waals surface area (Å²) < 4.78 is 1.11. The van der Waals surface area contributed by atoms with E-state index in [1.807, 2.05) is 0 Å². The minimum absolute atomic E-state index is 0.261. The largest absolute Gasteiger partial charge is 0.395 e. The summed E-state index contributed by atoms with van der Waals surface area (Å²) in [5.41, 5.74) is 1.35. The first-order valence-electron chi connectivity index (χ1n) is 7.14. The third-order valence-corrected chi connectivity index (χ3v) is 5.03. The summed E-state index contributed by atoms with van der Waals surface area (Å²) >= 11 is 3.49. The molecule has 3 nitrogen and oxygen atoms in total. The van der Waals surface area contributed by atoms with Crippen LogP contribution in [0.3, 0.4) is 0 Å². The minimum atomic E-state index is 0.261. The molecule has 2 aliphatic rings. The number of hydrogen-bond acceptors (Lipinski definition) is 3. The summed E-state index contributed by atoms with van der Waals surface area (Å²) in [6.07, 6.45) is 2.47. The van der Waals surface area contributed by atoms with Gasteiger partial charge in [-0.05, 0) is 43.6 Å². The van der Waals surface area contributed by atoms with Crippen molar-refractivity contribution in [2.75, 3.05) is 26.2 Å². The summed E-state index contributed by atoms with van der Waals surface area (Å²) in [6.45, 7) is 3.56. The Labute approximate surface area is 123 Å². The molecule has 0 aliphatic carbocycles. The van der Waals surface area contributed by atoms with E-state index < -0.39 is 0 Å². The quantitative estimate of drug-likeness (QED) is 0.873. The monoisotopic (exact) mass is 324 g/mol. The van der Waals surface area contributed by atoms with Crippen molar-refractivity contribution >= 4 is 15.9 Å². The first-order chi connectivity index (χ1) is 9.31. The Balaban J connectivity index is 1.81. The first-order valence-corrected chi connectivity index (χ1v) is 7.93. The van der Waals surface area contributed by atoms with E-state index >= 15 is 0 Å². The molecule has 3 atom stereocenters. The van der Waals surface area contributed by atoms with Gasteiger partial charge >= 0.3 is 0 Å². The minimum Gasteiger partial charge on any atom is -0.395 e. The van der Waals surface area contributed by atoms with Crippen molar-refractivity contribution in [3.8, 4) is 0 Å². The van der Waals surface area contributed by atoms with Crippen LogP contribution in [0.4, 0.5) is 0 Å². The highest BCUT2D eigenvalue weighted by Gasteiger charge is 2.47. The van der Waals surface area contributed by atoms with Crippen molar-refractivity contribution in [1.82, 2.24) is 10.2 Å². The maximum absolute atomic E-state index is 9.70. The van der Waals surface area contributed by atoms with Crippen molar-refractivity contribution in [3.63, 3.8) is 0 Å². The average Bonchev–Trinajstić information content (AvgIpc) is 2.39. The van der Waals surface area contributed by atoms with E-state index in [9.17, 15) is 5.11 Å². The second kappa shape index (κ2) is 5.92. The number of nitrogens with zero attached hydrogens (tertiary/aromatic N) is 1. The lowest BCUT2D eigenvalue weighted by atomic mass is 9.74. The summed E-state index contributed by atoms with van der Waals surface area (Å²) in [7, 11) is 0. The molecule has 0 radical (unpaired) electrons. The molecule has 2 heterocycles. The number of halogens is 1. The number of nitrogens with one attached hydrogen (secondary N) is 1. The van der Waals surface area contributed by atoms with Gasteiger partial charge in [-0.15, -0.1) is 0 Å². The van der Waals surface area contributed by atoms with Crippen molar-refractivity contribution in [2.24, 2.45) is 0 Å². The average molecular weight is 325 g/mol. The fourth-order valence-corrected chi connectivity index (χ4v) is 3.80. The normalized spacial score (nSPS) is 32.0. The Hall–Kier alpha value is -0.420. The van der Waals surface area contributed by atoms with E-state index in [1.54, 1.807) is 0 Å². The van der Waals surface area contributed by atoms with Gasteiger partial charge in [0.1, 0.15) is 0 Å². The molecule has 3 rings (SSSR count). The molecule has 0 spiro atoms. The molecule has 2 fully saturated rings. The molecule has 0 amide bonds. The number of fused-ring (bicyclic) bond motifs is 1. The molecule has 0 aromatic heterocycles. The number of rotatable bonds is 2. The van der Waals surface area contributed by atoms with Gasteiger partial charge in [0.2, 0.25) is 0 Å². The van der Waals surface area contributed by atoms with E-state index in [1.165, 1.54) is 18.4 Å². The molecule has 1 aromatic rings. The molecule has 19 heavy (non-hydrogen) atoms. The Morgan fingerprint density at radius 3 is 2.79 bits per heavy atom. The highest BCUT2D eigenvalue weighted by atomic mass is 79.9. The van der Waals surface area contributed by atoms with Crippen LogP contribution in [0.1, 0.15) is 24.3 Å². The van der Waals surface area contributed by atoms with Gasteiger partial charge in [-0.2, -0.15) is 0 Å². The molecule has 104 valence electrons. The molecular formula is C15H21BrN2O. The van der Waals surface area contributed by atoms with Crippen LogP contribution in [0.2, 0.25) is 0 Å². The van der Waals surface area contributed by atoms with Crippen molar-refractivity contribution in [3.05, 3.63) is 34.3 Å². The molecule has 0 bridgehead atoms. The van der Waals surface area contributed by atoms with E-state index in [0.29, 0.717) is 18.0 Å². The lowest BCUT2D eigenvalue weighted by Gasteiger charge is -2.56. The maximum atomic E-state index is 9.70. The molecular weight excluding hydrogens is 304 g/mol. The van der Waals surface area contributed by atoms with E-state index in [4.69, 9.17) is 0 Å². The standard InChI is InChI=1S/C15H21BrN2O/c16-12-5-3-11(4-6-12)15-13-9-17-7-1-2-8-18(13)14(15)10-19/h3-6,13-15,17,19H,1-2,7-10H2/t13-,14-,15-/m1/s1. The summed E-state index contributed by atoms with van der Waals surface area (Å²) in [5, 5.41) is 13.2. The first kappa shape index (κ1) is 13.6. The predicted molar refractivity (Wildman–Crippen MR) is 80.4 cm³/mol. The zero-order valence-corrected chi connectivity index (χ0v) is 12.6. The van der Waals surface area contributed by atoms with Crippen LogP contribution < -0.4 is 5.32 Å². The van der Waals surface area contributed by atoms with Crippen LogP contribution in [-0.4, -0.2) is 48.3 Å². The summed E-state index contributed by atoms with van der Waals surface area (Å²) in [4.78, 5) is 2.48. The van der Waals surface area contributed by atoms with E-state index in [2.05, 4.69) is 50.4 Å². The van der Waals surface area contributed by atoms with Gasteiger partial charge in [0, 0.05) is 29.0 Å².